The van der Waals surface area contributed by atoms with Gasteiger partial charge in [-0.3, -0.25) is 0 Å². The topological polar surface area (TPSA) is 12.4 Å². The number of aliphatic imine (C=N–C) groups is 1. The molecule has 27 heavy (non-hydrogen) atoms. The Bertz CT molecular complexity index is 769. The molecule has 0 fully saturated rings. The fourth-order valence-corrected chi connectivity index (χ4v) is 5.31. The highest BCUT2D eigenvalue weighted by molar-refractivity contribution is 8.15. The van der Waals surface area contributed by atoms with E-state index in [4.69, 9.17) is 4.99 Å². The summed E-state index contributed by atoms with van der Waals surface area (Å²) in [5.41, 5.74) is 2.49. The largest absolute Gasteiger partial charge is 0.242 e. The van der Waals surface area contributed by atoms with Crippen LogP contribution in [0, 0.1) is 5.41 Å². The zero-order valence-corrected chi connectivity index (χ0v) is 19.0. The predicted octanol–water partition coefficient (Wildman–Crippen LogP) is 8.36. The molecule has 0 radical (unpaired) electrons. The second kappa shape index (κ2) is 9.66. The van der Waals surface area contributed by atoms with Gasteiger partial charge in [0.05, 0.1) is 5.69 Å². The van der Waals surface area contributed by atoms with Crippen LogP contribution in [-0.4, -0.2) is 9.79 Å². The average Bonchev–Trinajstić information content (AvgIpc) is 2.58. The van der Waals surface area contributed by atoms with Gasteiger partial charge in [-0.25, -0.2) is 4.99 Å². The van der Waals surface area contributed by atoms with E-state index >= 15 is 0 Å². The summed E-state index contributed by atoms with van der Waals surface area (Å²) in [7, 11) is 0. The first kappa shape index (κ1) is 21.8. The van der Waals surface area contributed by atoms with Crippen LogP contribution in [0.4, 0.5) is 5.69 Å². The lowest BCUT2D eigenvalue weighted by Crippen LogP contribution is -2.25. The molecule has 0 saturated heterocycles. The van der Waals surface area contributed by atoms with Crippen molar-refractivity contribution in [3.8, 4) is 0 Å². The molecule has 0 N–H and O–H groups in total. The highest BCUT2D eigenvalue weighted by Crippen LogP contribution is 2.39. The fourth-order valence-electron chi connectivity index (χ4n) is 3.09. The van der Waals surface area contributed by atoms with Crippen LogP contribution >= 0.6 is 23.5 Å². The van der Waals surface area contributed by atoms with E-state index in [1.165, 1.54) is 10.5 Å². The lowest BCUT2D eigenvalue weighted by molar-refractivity contribution is 0.340. The summed E-state index contributed by atoms with van der Waals surface area (Å²) in [5.74, 6) is 0. The van der Waals surface area contributed by atoms with E-state index in [1.807, 2.05) is 36.0 Å². The van der Waals surface area contributed by atoms with E-state index in [0.717, 1.165) is 17.2 Å². The van der Waals surface area contributed by atoms with Gasteiger partial charge in [0.15, 0.2) is 0 Å². The molecular weight excluding hydrogens is 366 g/mol. The first-order valence-corrected chi connectivity index (χ1v) is 11.1. The van der Waals surface area contributed by atoms with Crippen molar-refractivity contribution < 1.29 is 0 Å². The number of hydrogen-bond acceptors (Lipinski definition) is 3. The van der Waals surface area contributed by atoms with Gasteiger partial charge in [0, 0.05) is 9.64 Å². The molecule has 0 aliphatic heterocycles. The third-order valence-corrected chi connectivity index (χ3v) is 6.09. The number of thioether (sulfide) groups is 2. The minimum atomic E-state index is 0.110. The zero-order chi connectivity index (χ0) is 19.9. The Morgan fingerprint density at radius 2 is 1.44 bits per heavy atom. The summed E-state index contributed by atoms with van der Waals surface area (Å²) in [6, 6.07) is 20.7. The Morgan fingerprint density at radius 1 is 0.889 bits per heavy atom. The molecule has 2 rings (SSSR count). The second-order valence-corrected chi connectivity index (χ2v) is 11.2. The maximum Gasteiger partial charge on any atom is 0.101 e. The SMILES string of the molecule is CC(=C\Sc1ccccc1)/C(=N\c1ccccc1)SC(C)(C)CC(C)(C)C. The lowest BCUT2D eigenvalue weighted by atomic mass is 9.86. The van der Waals surface area contributed by atoms with Gasteiger partial charge in [-0.15, -0.1) is 0 Å². The fraction of sp³-hybridized carbons (Fsp3) is 0.375. The zero-order valence-electron chi connectivity index (χ0n) is 17.3. The Kier molecular flexibility index (Phi) is 7.81. The average molecular weight is 398 g/mol. The summed E-state index contributed by atoms with van der Waals surface area (Å²) >= 11 is 3.63. The number of rotatable bonds is 6. The predicted molar refractivity (Wildman–Crippen MR) is 125 cm³/mol. The number of para-hydroxylation sites is 1. The monoisotopic (exact) mass is 397 g/mol. The molecule has 2 aromatic carbocycles. The van der Waals surface area contributed by atoms with Crippen molar-refractivity contribution >= 4 is 34.3 Å². The highest BCUT2D eigenvalue weighted by atomic mass is 32.2. The minimum Gasteiger partial charge on any atom is -0.242 e. The van der Waals surface area contributed by atoms with Crippen molar-refractivity contribution in [1.29, 1.82) is 0 Å². The lowest BCUT2D eigenvalue weighted by Gasteiger charge is -2.32. The van der Waals surface area contributed by atoms with E-state index < -0.39 is 0 Å². The molecule has 0 aliphatic rings. The third-order valence-electron chi connectivity index (χ3n) is 3.77. The quantitative estimate of drug-likeness (QED) is 0.276. The van der Waals surface area contributed by atoms with Crippen LogP contribution in [0.15, 0.2) is 81.5 Å². The van der Waals surface area contributed by atoms with Crippen LogP contribution in [0.2, 0.25) is 0 Å². The van der Waals surface area contributed by atoms with Crippen molar-refractivity contribution in [3.05, 3.63) is 71.6 Å². The maximum atomic E-state index is 4.98. The van der Waals surface area contributed by atoms with E-state index in [9.17, 15) is 0 Å². The van der Waals surface area contributed by atoms with E-state index in [2.05, 4.69) is 83.3 Å². The molecule has 144 valence electrons. The first-order valence-electron chi connectivity index (χ1n) is 9.36. The van der Waals surface area contributed by atoms with Crippen LogP contribution in [0.25, 0.3) is 0 Å². The molecule has 0 bridgehead atoms. The van der Waals surface area contributed by atoms with Crippen LogP contribution < -0.4 is 0 Å². The van der Waals surface area contributed by atoms with Gasteiger partial charge >= 0.3 is 0 Å². The van der Waals surface area contributed by atoms with Crippen LogP contribution in [0.1, 0.15) is 48.0 Å². The van der Waals surface area contributed by atoms with Crippen molar-refractivity contribution in [2.45, 2.75) is 57.6 Å². The Hall–Kier alpha value is -1.45. The summed E-state index contributed by atoms with van der Waals surface area (Å²) in [6.07, 6.45) is 1.12. The van der Waals surface area contributed by atoms with Crippen molar-refractivity contribution in [3.63, 3.8) is 0 Å². The molecule has 0 amide bonds. The summed E-state index contributed by atoms with van der Waals surface area (Å²) < 4.78 is 0.110. The van der Waals surface area contributed by atoms with Gasteiger partial charge in [-0.05, 0) is 54.0 Å². The van der Waals surface area contributed by atoms with Gasteiger partial charge in [0.25, 0.3) is 0 Å². The number of hydrogen-bond donors (Lipinski definition) is 0. The summed E-state index contributed by atoms with van der Waals surface area (Å²) in [5, 5.41) is 3.32. The normalized spacial score (nSPS) is 13.7. The van der Waals surface area contributed by atoms with Crippen molar-refractivity contribution in [1.82, 2.24) is 0 Å². The minimum absolute atomic E-state index is 0.110. The van der Waals surface area contributed by atoms with Crippen LogP contribution in [0.5, 0.6) is 0 Å². The molecule has 0 spiro atoms. The molecule has 1 nitrogen and oxygen atoms in total. The van der Waals surface area contributed by atoms with Gasteiger partial charge in [0.1, 0.15) is 5.04 Å². The summed E-state index contributed by atoms with van der Waals surface area (Å²) in [4.78, 5) is 6.23. The van der Waals surface area contributed by atoms with Crippen LogP contribution in [-0.2, 0) is 0 Å². The van der Waals surface area contributed by atoms with Gasteiger partial charge in [-0.1, -0.05) is 94.5 Å². The van der Waals surface area contributed by atoms with Crippen LogP contribution in [0.3, 0.4) is 0 Å². The van der Waals surface area contributed by atoms with E-state index in [1.54, 1.807) is 11.8 Å². The maximum absolute atomic E-state index is 4.98. The van der Waals surface area contributed by atoms with Gasteiger partial charge in [-0.2, -0.15) is 0 Å². The standard InChI is InChI=1S/C24H31NS2/c1-19(17-26-21-15-11-8-12-16-21)22(25-20-13-9-7-10-14-20)27-24(5,6)18-23(2,3)4/h7-17H,18H2,1-6H3/b19-17+,25-22+. The molecule has 0 saturated carbocycles. The van der Waals surface area contributed by atoms with E-state index in [0.29, 0.717) is 0 Å². The molecule has 0 aliphatic carbocycles. The molecule has 2 aromatic rings. The number of benzene rings is 2. The van der Waals surface area contributed by atoms with Crippen molar-refractivity contribution in [2.24, 2.45) is 10.4 Å². The van der Waals surface area contributed by atoms with E-state index in [-0.39, 0.29) is 10.2 Å². The molecule has 3 heteroatoms. The van der Waals surface area contributed by atoms with Crippen molar-refractivity contribution in [2.75, 3.05) is 0 Å². The summed E-state index contributed by atoms with van der Waals surface area (Å²) in [6.45, 7) is 13.7. The third kappa shape index (κ3) is 8.40. The molecule has 0 aromatic heterocycles. The molecule has 0 heterocycles. The number of nitrogens with zero attached hydrogens (tertiary/aromatic N) is 1. The Morgan fingerprint density at radius 3 is 2.00 bits per heavy atom. The van der Waals surface area contributed by atoms with Gasteiger partial charge in [0.2, 0.25) is 0 Å². The molecule has 0 unspecified atom stereocenters. The Labute approximate surface area is 173 Å². The highest BCUT2D eigenvalue weighted by Gasteiger charge is 2.28. The molecular formula is C24H31NS2. The second-order valence-electron chi connectivity index (χ2n) is 8.58. The molecule has 0 atom stereocenters. The first-order chi connectivity index (χ1) is 12.6. The Balaban J connectivity index is 2.28. The van der Waals surface area contributed by atoms with Gasteiger partial charge < -0.3 is 0 Å². The smallest absolute Gasteiger partial charge is 0.101 e.